The number of hydrogen-bond donors (Lipinski definition) is 2. The molecule has 0 heterocycles. The molecule has 0 saturated carbocycles. The zero-order chi connectivity index (χ0) is 17.2. The van der Waals surface area contributed by atoms with E-state index in [-0.39, 0.29) is 5.91 Å². The fraction of sp³-hybridized carbons (Fsp3) is 0.667. The number of unbranched alkanes of at least 4 members (excludes halogenated alkanes) is 1. The van der Waals surface area contributed by atoms with E-state index in [2.05, 4.69) is 10.1 Å². The Morgan fingerprint density at radius 3 is 2.36 bits per heavy atom. The van der Waals surface area contributed by atoms with Gasteiger partial charge in [-0.15, -0.1) is 0 Å². The van der Waals surface area contributed by atoms with Crippen LogP contribution in [0.2, 0.25) is 0 Å². The smallest absolute Gasteiger partial charge is 0.330 e. The first kappa shape index (κ1) is 20.1. The summed E-state index contributed by atoms with van der Waals surface area (Å²) in [5.74, 6) is -1.38. The quantitative estimate of drug-likeness (QED) is 0.387. The molecule has 0 spiro atoms. The van der Waals surface area contributed by atoms with Crippen LogP contribution in [-0.4, -0.2) is 43.1 Å². The van der Waals surface area contributed by atoms with Crippen molar-refractivity contribution in [2.24, 2.45) is 5.73 Å². The number of nitrogens with one attached hydrogen (secondary N) is 1. The first-order chi connectivity index (χ1) is 10.2. The Morgan fingerprint density at radius 2 is 1.82 bits per heavy atom. The van der Waals surface area contributed by atoms with E-state index in [4.69, 9.17) is 10.5 Å². The predicted molar refractivity (Wildman–Crippen MR) is 81.8 cm³/mol. The van der Waals surface area contributed by atoms with Crippen LogP contribution < -0.4 is 11.1 Å². The zero-order valence-corrected chi connectivity index (χ0v) is 13.7. The Hall–Kier alpha value is -1.89. The molecule has 0 fully saturated rings. The summed E-state index contributed by atoms with van der Waals surface area (Å²) >= 11 is 0. The van der Waals surface area contributed by atoms with Crippen LogP contribution in [0.1, 0.15) is 40.0 Å². The summed E-state index contributed by atoms with van der Waals surface area (Å²) in [5.41, 5.74) is 5.19. The fourth-order valence-corrected chi connectivity index (χ4v) is 1.47. The molecule has 1 atom stereocenters. The van der Waals surface area contributed by atoms with Crippen molar-refractivity contribution in [2.75, 3.05) is 13.7 Å². The van der Waals surface area contributed by atoms with Crippen LogP contribution in [-0.2, 0) is 23.9 Å². The highest BCUT2D eigenvalue weighted by atomic mass is 16.6. The van der Waals surface area contributed by atoms with Gasteiger partial charge in [0.15, 0.2) is 0 Å². The van der Waals surface area contributed by atoms with Gasteiger partial charge in [-0.25, -0.2) is 4.79 Å². The molecule has 0 aromatic carbocycles. The summed E-state index contributed by atoms with van der Waals surface area (Å²) in [6.45, 7) is 5.80. The lowest BCUT2D eigenvalue weighted by atomic mass is 10.1. The van der Waals surface area contributed by atoms with E-state index in [1.54, 1.807) is 20.8 Å². The Labute approximate surface area is 131 Å². The fourth-order valence-electron chi connectivity index (χ4n) is 1.47. The lowest BCUT2D eigenvalue weighted by Gasteiger charge is -2.22. The van der Waals surface area contributed by atoms with Gasteiger partial charge < -0.3 is 20.5 Å². The topological polar surface area (TPSA) is 108 Å². The van der Waals surface area contributed by atoms with E-state index in [1.165, 1.54) is 7.11 Å². The number of carbonyl (C=O) groups excluding carboxylic acids is 3. The third kappa shape index (κ3) is 10.8. The second kappa shape index (κ2) is 9.94. The summed E-state index contributed by atoms with van der Waals surface area (Å²) in [4.78, 5) is 33.7. The number of amides is 1. The zero-order valence-electron chi connectivity index (χ0n) is 13.7. The summed E-state index contributed by atoms with van der Waals surface area (Å²) in [6.07, 6.45) is 4.00. The summed E-state index contributed by atoms with van der Waals surface area (Å²) < 4.78 is 9.54. The van der Waals surface area contributed by atoms with E-state index in [9.17, 15) is 14.4 Å². The van der Waals surface area contributed by atoms with Crippen molar-refractivity contribution in [1.82, 2.24) is 5.32 Å². The standard InChI is InChI=1S/C15H26N2O5/c1-15(2,3)22-14(20)11(16)7-5-6-10-17-12(18)8-9-13(19)21-4/h8-9,11H,5-7,10,16H2,1-4H3,(H,17,18)/t11-/m0/s1. The minimum atomic E-state index is -0.658. The number of carbonyl (C=O) groups is 3. The highest BCUT2D eigenvalue weighted by Crippen LogP contribution is 2.10. The van der Waals surface area contributed by atoms with Crippen LogP contribution in [0.3, 0.4) is 0 Å². The van der Waals surface area contributed by atoms with Gasteiger partial charge in [-0.2, -0.15) is 0 Å². The van der Waals surface area contributed by atoms with E-state index >= 15 is 0 Å². The van der Waals surface area contributed by atoms with Crippen molar-refractivity contribution in [3.63, 3.8) is 0 Å². The number of methoxy groups -OCH3 is 1. The van der Waals surface area contributed by atoms with Gasteiger partial charge in [-0.05, 0) is 40.0 Å². The maximum atomic E-state index is 11.6. The van der Waals surface area contributed by atoms with Gasteiger partial charge in [0.25, 0.3) is 0 Å². The second-order valence-corrected chi connectivity index (χ2v) is 5.78. The molecule has 0 rings (SSSR count). The molecule has 0 aliphatic rings. The first-order valence-corrected chi connectivity index (χ1v) is 7.18. The SMILES string of the molecule is COC(=O)C=CC(=O)NCCCC[C@H](N)C(=O)OC(C)(C)C. The minimum Gasteiger partial charge on any atom is -0.466 e. The number of esters is 2. The van der Waals surface area contributed by atoms with Crippen molar-refractivity contribution in [3.05, 3.63) is 12.2 Å². The Balaban J connectivity index is 3.81. The maximum Gasteiger partial charge on any atom is 0.330 e. The lowest BCUT2D eigenvalue weighted by molar-refractivity contribution is -0.156. The van der Waals surface area contributed by atoms with Crippen molar-refractivity contribution >= 4 is 17.8 Å². The van der Waals surface area contributed by atoms with Crippen LogP contribution in [0.15, 0.2) is 12.2 Å². The monoisotopic (exact) mass is 314 g/mol. The Bertz CT molecular complexity index is 413. The van der Waals surface area contributed by atoms with Crippen LogP contribution in [0.4, 0.5) is 0 Å². The maximum absolute atomic E-state index is 11.6. The molecule has 0 unspecified atom stereocenters. The highest BCUT2D eigenvalue weighted by molar-refractivity contribution is 5.94. The van der Waals surface area contributed by atoms with E-state index in [0.29, 0.717) is 25.8 Å². The summed E-state index contributed by atoms with van der Waals surface area (Å²) in [7, 11) is 1.23. The molecule has 0 bridgehead atoms. The Morgan fingerprint density at radius 1 is 1.18 bits per heavy atom. The molecule has 0 aliphatic carbocycles. The third-order valence-electron chi connectivity index (χ3n) is 2.52. The van der Waals surface area contributed by atoms with Gasteiger partial charge in [0.05, 0.1) is 7.11 Å². The van der Waals surface area contributed by atoms with Gasteiger partial charge in [-0.3, -0.25) is 9.59 Å². The molecule has 126 valence electrons. The van der Waals surface area contributed by atoms with E-state index in [1.807, 2.05) is 0 Å². The summed E-state index contributed by atoms with van der Waals surface area (Å²) in [6, 6.07) is -0.658. The molecule has 22 heavy (non-hydrogen) atoms. The van der Waals surface area contributed by atoms with Gasteiger partial charge in [0.1, 0.15) is 11.6 Å². The van der Waals surface area contributed by atoms with Gasteiger partial charge >= 0.3 is 11.9 Å². The number of rotatable bonds is 8. The lowest BCUT2D eigenvalue weighted by Crippen LogP contribution is -2.37. The van der Waals surface area contributed by atoms with Gasteiger partial charge in [0, 0.05) is 18.7 Å². The first-order valence-electron chi connectivity index (χ1n) is 7.18. The molecular weight excluding hydrogens is 288 g/mol. The van der Waals surface area contributed by atoms with Crippen LogP contribution in [0.25, 0.3) is 0 Å². The number of ether oxygens (including phenoxy) is 2. The van der Waals surface area contributed by atoms with Crippen LogP contribution in [0.5, 0.6) is 0 Å². The number of nitrogens with two attached hydrogens (primary N) is 1. The van der Waals surface area contributed by atoms with Crippen molar-refractivity contribution in [3.8, 4) is 0 Å². The van der Waals surface area contributed by atoms with E-state index < -0.39 is 23.6 Å². The van der Waals surface area contributed by atoms with E-state index in [0.717, 1.165) is 12.2 Å². The predicted octanol–water partition coefficient (Wildman–Crippen LogP) is 0.671. The molecular formula is C15H26N2O5. The normalized spacial score (nSPS) is 12.8. The molecule has 0 aromatic rings. The molecule has 3 N–H and O–H groups in total. The molecule has 0 aromatic heterocycles. The molecule has 1 amide bonds. The third-order valence-corrected chi connectivity index (χ3v) is 2.52. The minimum absolute atomic E-state index is 0.373. The molecule has 7 nitrogen and oxygen atoms in total. The van der Waals surface area contributed by atoms with Crippen LogP contribution in [0, 0.1) is 0 Å². The van der Waals surface area contributed by atoms with Crippen molar-refractivity contribution in [1.29, 1.82) is 0 Å². The number of hydrogen-bond acceptors (Lipinski definition) is 6. The van der Waals surface area contributed by atoms with Crippen molar-refractivity contribution < 1.29 is 23.9 Å². The average Bonchev–Trinajstić information content (AvgIpc) is 2.42. The Kier molecular flexibility index (Phi) is 9.09. The van der Waals surface area contributed by atoms with Gasteiger partial charge in [-0.1, -0.05) is 0 Å². The molecule has 0 aliphatic heterocycles. The largest absolute Gasteiger partial charge is 0.466 e. The molecule has 0 radical (unpaired) electrons. The molecule has 0 saturated heterocycles. The second-order valence-electron chi connectivity index (χ2n) is 5.78. The summed E-state index contributed by atoms with van der Waals surface area (Å²) in [5, 5.41) is 2.61. The van der Waals surface area contributed by atoms with Crippen molar-refractivity contribution in [2.45, 2.75) is 51.7 Å². The van der Waals surface area contributed by atoms with Crippen LogP contribution >= 0.6 is 0 Å². The average molecular weight is 314 g/mol. The highest BCUT2D eigenvalue weighted by Gasteiger charge is 2.21. The molecule has 7 heteroatoms. The van der Waals surface area contributed by atoms with Gasteiger partial charge in [0.2, 0.25) is 5.91 Å².